The SMILES string of the molecule is O=C(OC1CCCc2ccccc2C1=O)c1ccc2c(c1)S(=O)(=O)c1ccccc1C2=O. The second-order valence-corrected chi connectivity index (χ2v) is 9.73. The predicted molar refractivity (Wildman–Crippen MR) is 115 cm³/mol. The van der Waals surface area contributed by atoms with E-state index in [0.717, 1.165) is 11.6 Å². The van der Waals surface area contributed by atoms with Gasteiger partial charge in [-0.15, -0.1) is 0 Å². The average molecular weight is 446 g/mol. The molecule has 0 amide bonds. The quantitative estimate of drug-likeness (QED) is 0.343. The number of esters is 1. The molecule has 0 radical (unpaired) electrons. The molecule has 5 rings (SSSR count). The van der Waals surface area contributed by atoms with E-state index in [2.05, 4.69) is 0 Å². The first-order valence-electron chi connectivity index (χ1n) is 10.2. The summed E-state index contributed by atoms with van der Waals surface area (Å²) in [5, 5.41) is 0. The molecule has 0 saturated heterocycles. The molecule has 2 aliphatic rings. The van der Waals surface area contributed by atoms with Crippen molar-refractivity contribution in [2.24, 2.45) is 0 Å². The maximum atomic E-state index is 13.1. The Balaban J connectivity index is 1.47. The number of rotatable bonds is 2. The fraction of sp³-hybridized carbons (Fsp3) is 0.160. The Bertz CT molecular complexity index is 1400. The molecule has 0 spiro atoms. The maximum Gasteiger partial charge on any atom is 0.338 e. The lowest BCUT2D eigenvalue weighted by atomic mass is 10.0. The van der Waals surface area contributed by atoms with Crippen LogP contribution >= 0.6 is 0 Å². The first-order chi connectivity index (χ1) is 15.4. The monoisotopic (exact) mass is 446 g/mol. The Kier molecular flexibility index (Phi) is 4.78. The molecule has 0 N–H and O–H groups in total. The van der Waals surface area contributed by atoms with E-state index in [9.17, 15) is 22.8 Å². The highest BCUT2D eigenvalue weighted by Gasteiger charge is 2.36. The Morgan fingerprint density at radius 3 is 2.34 bits per heavy atom. The van der Waals surface area contributed by atoms with E-state index >= 15 is 0 Å². The van der Waals surface area contributed by atoms with Crippen LogP contribution in [0, 0.1) is 0 Å². The highest BCUT2D eigenvalue weighted by Crippen LogP contribution is 2.35. The van der Waals surface area contributed by atoms with Crippen LogP contribution in [0.1, 0.15) is 55.0 Å². The van der Waals surface area contributed by atoms with Gasteiger partial charge in [0.1, 0.15) is 0 Å². The molecule has 1 aliphatic carbocycles. The number of fused-ring (bicyclic) bond motifs is 3. The lowest BCUT2D eigenvalue weighted by Crippen LogP contribution is -2.27. The Labute approximate surface area is 184 Å². The number of Topliss-reactive ketones (excluding diaryl/α,β-unsaturated/α-hetero) is 1. The molecule has 0 fully saturated rings. The standard InChI is InChI=1S/C25H18O6S/c26-23-18-9-3-4-11-21(18)32(29,30)22-14-16(12-13-19(22)23)25(28)31-20-10-5-7-15-6-1-2-8-17(15)24(20)27/h1-4,6,8-9,11-14,20H,5,7,10H2. The van der Waals surface area contributed by atoms with E-state index in [1.165, 1.54) is 24.3 Å². The minimum Gasteiger partial charge on any atom is -0.450 e. The molecule has 3 aromatic rings. The van der Waals surface area contributed by atoms with Crippen molar-refractivity contribution in [3.8, 4) is 0 Å². The molecule has 1 atom stereocenters. The molecule has 3 aromatic carbocycles. The van der Waals surface area contributed by atoms with Gasteiger partial charge in [-0.25, -0.2) is 13.2 Å². The van der Waals surface area contributed by atoms with Gasteiger partial charge in [-0.2, -0.15) is 0 Å². The number of carbonyl (C=O) groups excluding carboxylic acids is 3. The Morgan fingerprint density at radius 2 is 1.53 bits per heavy atom. The van der Waals surface area contributed by atoms with Gasteiger partial charge in [0.2, 0.25) is 15.6 Å². The van der Waals surface area contributed by atoms with Crippen LogP contribution in [-0.2, 0) is 21.0 Å². The van der Waals surface area contributed by atoms with Crippen LogP contribution in [0.5, 0.6) is 0 Å². The van der Waals surface area contributed by atoms with Crippen molar-refractivity contribution in [1.82, 2.24) is 0 Å². The van der Waals surface area contributed by atoms with Crippen LogP contribution in [0.3, 0.4) is 0 Å². The topological polar surface area (TPSA) is 94.6 Å². The average Bonchev–Trinajstić information content (AvgIpc) is 2.96. The van der Waals surface area contributed by atoms with Crippen molar-refractivity contribution < 1.29 is 27.5 Å². The molecule has 0 saturated carbocycles. The second kappa shape index (κ2) is 7.53. The molecule has 160 valence electrons. The van der Waals surface area contributed by atoms with Gasteiger partial charge in [-0.05, 0) is 55.2 Å². The summed E-state index contributed by atoms with van der Waals surface area (Å²) in [7, 11) is -3.98. The number of carbonyl (C=O) groups is 3. The van der Waals surface area contributed by atoms with Gasteiger partial charge in [0.05, 0.1) is 15.4 Å². The minimum absolute atomic E-state index is 0.0136. The summed E-state index contributed by atoms with van der Waals surface area (Å²) >= 11 is 0. The van der Waals surface area contributed by atoms with Gasteiger partial charge in [0.15, 0.2) is 11.9 Å². The van der Waals surface area contributed by atoms with Crippen LogP contribution in [0.2, 0.25) is 0 Å². The zero-order valence-corrected chi connectivity index (χ0v) is 17.7. The molecular formula is C25H18O6S. The summed E-state index contributed by atoms with van der Waals surface area (Å²) in [4.78, 5) is 38.2. The number of ether oxygens (including phenoxy) is 1. The van der Waals surface area contributed by atoms with Crippen LogP contribution < -0.4 is 0 Å². The minimum atomic E-state index is -3.98. The molecule has 6 nitrogen and oxygen atoms in total. The third-order valence-corrected chi connectivity index (χ3v) is 7.76. The molecular weight excluding hydrogens is 428 g/mol. The first-order valence-corrected chi connectivity index (χ1v) is 11.7. The molecule has 1 unspecified atom stereocenters. The normalized spacial score (nSPS) is 18.7. The number of aryl methyl sites for hydroxylation is 1. The summed E-state index contributed by atoms with van der Waals surface area (Å²) < 4.78 is 31.7. The van der Waals surface area contributed by atoms with Gasteiger partial charge in [0, 0.05) is 16.7 Å². The third-order valence-electron chi connectivity index (χ3n) is 5.91. The van der Waals surface area contributed by atoms with E-state index in [0.29, 0.717) is 24.8 Å². The van der Waals surface area contributed by atoms with Crippen LogP contribution in [0.25, 0.3) is 0 Å². The fourth-order valence-corrected chi connectivity index (χ4v) is 5.96. The van der Waals surface area contributed by atoms with E-state index in [-0.39, 0.29) is 32.3 Å². The van der Waals surface area contributed by atoms with Crippen molar-refractivity contribution in [3.05, 3.63) is 94.5 Å². The van der Waals surface area contributed by atoms with Gasteiger partial charge >= 0.3 is 5.97 Å². The van der Waals surface area contributed by atoms with Gasteiger partial charge in [0.25, 0.3) is 0 Å². The molecule has 0 aromatic heterocycles. The van der Waals surface area contributed by atoms with Crippen LogP contribution in [-0.4, -0.2) is 32.1 Å². The van der Waals surface area contributed by atoms with E-state index in [1.54, 1.807) is 24.3 Å². The number of hydrogen-bond donors (Lipinski definition) is 0. The number of ketones is 2. The fourth-order valence-electron chi connectivity index (χ4n) is 4.28. The zero-order valence-electron chi connectivity index (χ0n) is 16.9. The summed E-state index contributed by atoms with van der Waals surface area (Å²) in [6.45, 7) is 0. The third kappa shape index (κ3) is 3.17. The van der Waals surface area contributed by atoms with Gasteiger partial charge < -0.3 is 4.74 Å². The van der Waals surface area contributed by atoms with Crippen LogP contribution in [0.15, 0.2) is 76.5 Å². The van der Waals surface area contributed by atoms with E-state index < -0.39 is 27.7 Å². The molecule has 7 heteroatoms. The lowest BCUT2D eigenvalue weighted by Gasteiger charge is -2.20. The largest absolute Gasteiger partial charge is 0.450 e. The molecule has 0 bridgehead atoms. The Hall–Kier alpha value is -3.58. The maximum absolute atomic E-state index is 13.1. The summed E-state index contributed by atoms with van der Waals surface area (Å²) in [5.74, 6) is -1.48. The summed E-state index contributed by atoms with van der Waals surface area (Å²) in [5.41, 5.74) is 1.56. The second-order valence-electron chi connectivity index (χ2n) is 7.85. The number of benzene rings is 3. The Morgan fingerprint density at radius 1 is 0.844 bits per heavy atom. The van der Waals surface area contributed by atoms with Gasteiger partial charge in [-0.1, -0.05) is 36.4 Å². The van der Waals surface area contributed by atoms with E-state index in [1.807, 2.05) is 12.1 Å². The van der Waals surface area contributed by atoms with Crippen molar-refractivity contribution in [1.29, 1.82) is 0 Å². The van der Waals surface area contributed by atoms with Crippen molar-refractivity contribution in [2.45, 2.75) is 35.2 Å². The lowest BCUT2D eigenvalue weighted by molar-refractivity contribution is 0.0268. The smallest absolute Gasteiger partial charge is 0.338 e. The zero-order chi connectivity index (χ0) is 22.5. The predicted octanol–water partition coefficient (Wildman–Crippen LogP) is 3.81. The first kappa shape index (κ1) is 20.3. The van der Waals surface area contributed by atoms with Crippen LogP contribution in [0.4, 0.5) is 0 Å². The highest BCUT2D eigenvalue weighted by atomic mass is 32.2. The van der Waals surface area contributed by atoms with Crippen molar-refractivity contribution in [3.63, 3.8) is 0 Å². The highest BCUT2D eigenvalue weighted by molar-refractivity contribution is 7.91. The molecule has 1 heterocycles. The van der Waals surface area contributed by atoms with E-state index in [4.69, 9.17) is 4.74 Å². The number of sulfone groups is 1. The summed E-state index contributed by atoms with van der Waals surface area (Å²) in [6, 6.07) is 17.1. The summed E-state index contributed by atoms with van der Waals surface area (Å²) in [6.07, 6.45) is 0.842. The molecule has 1 aliphatic heterocycles. The number of hydrogen-bond acceptors (Lipinski definition) is 6. The molecule has 32 heavy (non-hydrogen) atoms. The van der Waals surface area contributed by atoms with Crippen molar-refractivity contribution >= 4 is 27.4 Å². The van der Waals surface area contributed by atoms with Crippen molar-refractivity contribution in [2.75, 3.05) is 0 Å². The van der Waals surface area contributed by atoms with Gasteiger partial charge in [-0.3, -0.25) is 9.59 Å².